The Labute approximate surface area is 66.4 Å². The second-order valence-electron chi connectivity index (χ2n) is 2.46. The van der Waals surface area contributed by atoms with E-state index in [2.05, 4.69) is 0 Å². The van der Waals surface area contributed by atoms with E-state index in [4.69, 9.17) is 0 Å². The summed E-state index contributed by atoms with van der Waals surface area (Å²) in [5.74, 6) is 0. The van der Waals surface area contributed by atoms with Gasteiger partial charge in [-0.25, -0.2) is 5.12 Å². The van der Waals surface area contributed by atoms with Gasteiger partial charge >= 0.3 is 0 Å². The van der Waals surface area contributed by atoms with Crippen molar-refractivity contribution in [1.29, 1.82) is 0 Å². The van der Waals surface area contributed by atoms with Crippen LogP contribution in [0.15, 0.2) is 24.3 Å². The first-order valence-electron chi connectivity index (χ1n) is 3.74. The van der Waals surface area contributed by atoms with Crippen LogP contribution in [-0.2, 0) is 0 Å². The first-order chi connectivity index (χ1) is 5.25. The summed E-state index contributed by atoms with van der Waals surface area (Å²) in [5.41, 5.74) is 1.63. The van der Waals surface area contributed by atoms with Crippen molar-refractivity contribution < 1.29 is 4.48 Å². The van der Waals surface area contributed by atoms with Crippen LogP contribution in [0.25, 0.3) is 0 Å². The van der Waals surface area contributed by atoms with Crippen LogP contribution in [-0.4, -0.2) is 6.54 Å². The molecule has 0 spiro atoms. The lowest BCUT2D eigenvalue weighted by atomic mass is 10.2. The minimum atomic E-state index is 0.394. The Morgan fingerprint density at radius 2 is 2.00 bits per heavy atom. The molecule has 1 rings (SSSR count). The van der Waals surface area contributed by atoms with Crippen LogP contribution in [0.2, 0.25) is 0 Å². The van der Waals surface area contributed by atoms with E-state index in [1.807, 2.05) is 25.1 Å². The normalized spacial score (nSPS) is 9.73. The van der Waals surface area contributed by atoms with Gasteiger partial charge in [-0.15, -0.1) is 0 Å². The Kier molecular flexibility index (Phi) is 2.47. The molecule has 0 saturated carbocycles. The number of hydrogen-bond acceptors (Lipinski definition) is 1. The van der Waals surface area contributed by atoms with Gasteiger partial charge in [0.2, 0.25) is 0 Å². The van der Waals surface area contributed by atoms with Crippen molar-refractivity contribution in [3.05, 3.63) is 29.8 Å². The molecule has 0 aliphatic rings. The van der Waals surface area contributed by atoms with Crippen LogP contribution in [0.3, 0.4) is 0 Å². The van der Waals surface area contributed by atoms with E-state index in [0.29, 0.717) is 12.2 Å². The fraction of sp³-hybridized carbons (Fsp3) is 0.333. The average molecular weight is 153 g/mol. The van der Waals surface area contributed by atoms with Crippen molar-refractivity contribution in [2.45, 2.75) is 13.8 Å². The molecule has 0 bridgehead atoms. The van der Waals surface area contributed by atoms with Crippen LogP contribution in [0.4, 0.5) is 10.2 Å². The maximum absolute atomic E-state index is 13.0. The second kappa shape index (κ2) is 3.37. The SMILES string of the molecule is CCN(F)c1ccccc1C. The van der Waals surface area contributed by atoms with E-state index in [0.717, 1.165) is 10.7 Å². The third kappa shape index (κ3) is 1.70. The molecule has 0 aliphatic heterocycles. The van der Waals surface area contributed by atoms with Crippen molar-refractivity contribution >= 4 is 5.69 Å². The lowest BCUT2D eigenvalue weighted by Gasteiger charge is -2.12. The van der Waals surface area contributed by atoms with Gasteiger partial charge in [0.15, 0.2) is 0 Å². The molecule has 0 radical (unpaired) electrons. The fourth-order valence-corrected chi connectivity index (χ4v) is 1.01. The quantitative estimate of drug-likeness (QED) is 0.590. The van der Waals surface area contributed by atoms with Crippen LogP contribution in [0.1, 0.15) is 12.5 Å². The van der Waals surface area contributed by atoms with Crippen molar-refractivity contribution in [2.24, 2.45) is 0 Å². The Hall–Kier alpha value is -1.05. The van der Waals surface area contributed by atoms with Gasteiger partial charge in [0.25, 0.3) is 0 Å². The van der Waals surface area contributed by atoms with Gasteiger partial charge in [-0.3, -0.25) is 0 Å². The van der Waals surface area contributed by atoms with E-state index in [1.54, 1.807) is 13.0 Å². The van der Waals surface area contributed by atoms with Crippen molar-refractivity contribution in [3.63, 3.8) is 0 Å². The maximum atomic E-state index is 13.0. The van der Waals surface area contributed by atoms with Crippen LogP contribution in [0, 0.1) is 6.92 Å². The van der Waals surface area contributed by atoms with Gasteiger partial charge in [-0.2, -0.15) is 0 Å². The molecule has 0 heterocycles. The average Bonchev–Trinajstić information content (AvgIpc) is 2.04. The summed E-state index contributed by atoms with van der Waals surface area (Å²) in [6, 6.07) is 7.42. The number of nitrogens with zero attached hydrogens (tertiary/aromatic N) is 1. The maximum Gasteiger partial charge on any atom is 0.0716 e. The topological polar surface area (TPSA) is 3.24 Å². The lowest BCUT2D eigenvalue weighted by Crippen LogP contribution is -2.10. The molecule has 0 amide bonds. The highest BCUT2D eigenvalue weighted by molar-refractivity contribution is 5.50. The van der Waals surface area contributed by atoms with Gasteiger partial charge in [-0.1, -0.05) is 22.7 Å². The molecule has 0 aromatic heterocycles. The monoisotopic (exact) mass is 153 g/mol. The van der Waals surface area contributed by atoms with Gasteiger partial charge in [0, 0.05) is 6.54 Å². The zero-order chi connectivity index (χ0) is 8.27. The van der Waals surface area contributed by atoms with Gasteiger partial charge < -0.3 is 0 Å². The highest BCUT2D eigenvalue weighted by Crippen LogP contribution is 2.18. The van der Waals surface area contributed by atoms with Gasteiger partial charge in [-0.05, 0) is 25.5 Å². The minimum Gasteiger partial charge on any atom is -0.212 e. The van der Waals surface area contributed by atoms with Gasteiger partial charge in [0.05, 0.1) is 5.69 Å². The predicted molar refractivity (Wildman–Crippen MR) is 45.3 cm³/mol. The summed E-state index contributed by atoms with van der Waals surface area (Å²) >= 11 is 0. The molecular weight excluding hydrogens is 141 g/mol. The summed E-state index contributed by atoms with van der Waals surface area (Å²) in [7, 11) is 0. The first-order valence-corrected chi connectivity index (χ1v) is 3.74. The molecule has 0 unspecified atom stereocenters. The van der Waals surface area contributed by atoms with Crippen LogP contribution < -0.4 is 5.12 Å². The standard InChI is InChI=1S/C9H12FN/c1-3-11(10)9-7-5-4-6-8(9)2/h4-7H,3H2,1-2H3. The summed E-state index contributed by atoms with van der Waals surface area (Å²) in [6.45, 7) is 4.08. The van der Waals surface area contributed by atoms with E-state index >= 15 is 0 Å². The number of anilines is 1. The third-order valence-corrected chi connectivity index (χ3v) is 1.65. The van der Waals surface area contributed by atoms with E-state index in [-0.39, 0.29) is 0 Å². The summed E-state index contributed by atoms with van der Waals surface area (Å²) < 4.78 is 13.0. The Balaban J connectivity index is 2.93. The Morgan fingerprint density at radius 3 is 2.55 bits per heavy atom. The highest BCUT2D eigenvalue weighted by Gasteiger charge is 2.02. The molecular formula is C9H12FN. The molecule has 0 aliphatic carbocycles. The van der Waals surface area contributed by atoms with Crippen LogP contribution >= 0.6 is 0 Å². The number of halogens is 1. The number of para-hydroxylation sites is 1. The largest absolute Gasteiger partial charge is 0.212 e. The molecule has 0 N–H and O–H groups in total. The zero-order valence-electron chi connectivity index (χ0n) is 6.84. The number of aryl methyl sites for hydroxylation is 1. The second-order valence-corrected chi connectivity index (χ2v) is 2.46. The summed E-state index contributed by atoms with van der Waals surface area (Å²) in [4.78, 5) is 0. The van der Waals surface area contributed by atoms with Crippen molar-refractivity contribution in [2.75, 3.05) is 11.7 Å². The van der Waals surface area contributed by atoms with Crippen molar-refractivity contribution in [1.82, 2.24) is 0 Å². The smallest absolute Gasteiger partial charge is 0.0716 e. The fourth-order valence-electron chi connectivity index (χ4n) is 1.01. The molecule has 0 atom stereocenters. The minimum absolute atomic E-state index is 0.394. The molecule has 1 aromatic carbocycles. The predicted octanol–water partition coefficient (Wildman–Crippen LogP) is 2.71. The zero-order valence-corrected chi connectivity index (χ0v) is 6.84. The van der Waals surface area contributed by atoms with Gasteiger partial charge in [0.1, 0.15) is 0 Å². The number of benzene rings is 1. The molecule has 0 fully saturated rings. The van der Waals surface area contributed by atoms with E-state index in [9.17, 15) is 4.48 Å². The van der Waals surface area contributed by atoms with E-state index < -0.39 is 0 Å². The molecule has 2 heteroatoms. The van der Waals surface area contributed by atoms with Crippen molar-refractivity contribution in [3.8, 4) is 0 Å². The van der Waals surface area contributed by atoms with Crippen LogP contribution in [0.5, 0.6) is 0 Å². The highest BCUT2D eigenvalue weighted by atomic mass is 19.2. The summed E-state index contributed by atoms with van der Waals surface area (Å²) in [6.07, 6.45) is 0. The molecule has 1 nitrogen and oxygen atoms in total. The first kappa shape index (κ1) is 8.05. The lowest BCUT2D eigenvalue weighted by molar-refractivity contribution is 0.444. The molecule has 60 valence electrons. The molecule has 1 aromatic rings. The number of hydrogen-bond donors (Lipinski definition) is 0. The number of rotatable bonds is 2. The molecule has 11 heavy (non-hydrogen) atoms. The summed E-state index contributed by atoms with van der Waals surface area (Å²) in [5, 5.41) is 0.745. The molecule has 0 saturated heterocycles. The van der Waals surface area contributed by atoms with E-state index in [1.165, 1.54) is 0 Å². The Morgan fingerprint density at radius 1 is 1.36 bits per heavy atom. The Bertz CT molecular complexity index is 235. The third-order valence-electron chi connectivity index (χ3n) is 1.65.